The second-order valence-electron chi connectivity index (χ2n) is 5.89. The van der Waals surface area contributed by atoms with Crippen LogP contribution in [0.2, 0.25) is 0 Å². The molecular formula is C23H17FO4. The number of rotatable bonds is 6. The number of methoxy groups -OCH3 is 1. The first kappa shape index (κ1) is 19.0. The molecule has 0 spiro atoms. The molecule has 0 amide bonds. The lowest BCUT2D eigenvalue weighted by Crippen LogP contribution is -2.08. The Morgan fingerprint density at radius 1 is 0.786 bits per heavy atom. The maximum atomic E-state index is 12.9. The Bertz CT molecular complexity index is 988. The van der Waals surface area contributed by atoms with Crippen LogP contribution in [-0.4, -0.2) is 18.9 Å². The van der Waals surface area contributed by atoms with Crippen molar-refractivity contribution in [1.29, 1.82) is 0 Å². The van der Waals surface area contributed by atoms with Gasteiger partial charge in [0, 0.05) is 5.56 Å². The summed E-state index contributed by atoms with van der Waals surface area (Å²) in [7, 11) is 1.55. The van der Waals surface area contributed by atoms with E-state index in [-0.39, 0.29) is 11.6 Å². The minimum Gasteiger partial charge on any atom is -0.497 e. The molecule has 3 aromatic rings. The van der Waals surface area contributed by atoms with E-state index in [1.54, 1.807) is 73.8 Å². The van der Waals surface area contributed by atoms with Gasteiger partial charge >= 0.3 is 5.97 Å². The maximum Gasteiger partial charge on any atom is 0.343 e. The number of ketones is 1. The second-order valence-corrected chi connectivity index (χ2v) is 5.89. The van der Waals surface area contributed by atoms with E-state index in [2.05, 4.69) is 0 Å². The molecule has 3 aromatic carbocycles. The highest BCUT2D eigenvalue weighted by atomic mass is 19.1. The summed E-state index contributed by atoms with van der Waals surface area (Å²) in [6.45, 7) is 0. The van der Waals surface area contributed by atoms with E-state index in [0.717, 1.165) is 5.56 Å². The zero-order valence-electron chi connectivity index (χ0n) is 15.1. The van der Waals surface area contributed by atoms with E-state index in [1.807, 2.05) is 0 Å². The van der Waals surface area contributed by atoms with Gasteiger partial charge in [-0.25, -0.2) is 9.18 Å². The SMILES string of the molecule is COc1ccc(C(=O)Oc2ccc(C(=O)/C=C/c3ccc(F)cc3)cc2)cc1. The van der Waals surface area contributed by atoms with Crippen molar-refractivity contribution < 1.29 is 23.5 Å². The van der Waals surface area contributed by atoms with Crippen LogP contribution >= 0.6 is 0 Å². The first-order valence-corrected chi connectivity index (χ1v) is 8.49. The van der Waals surface area contributed by atoms with Crippen LogP contribution in [0.4, 0.5) is 4.39 Å². The number of hydrogen-bond donors (Lipinski definition) is 0. The zero-order chi connectivity index (χ0) is 19.9. The van der Waals surface area contributed by atoms with E-state index >= 15 is 0 Å². The fourth-order valence-corrected chi connectivity index (χ4v) is 2.42. The van der Waals surface area contributed by atoms with Crippen molar-refractivity contribution in [3.63, 3.8) is 0 Å². The summed E-state index contributed by atoms with van der Waals surface area (Å²) in [5, 5.41) is 0. The predicted molar refractivity (Wildman–Crippen MR) is 104 cm³/mol. The normalized spacial score (nSPS) is 10.6. The topological polar surface area (TPSA) is 52.6 Å². The molecule has 0 N–H and O–H groups in total. The standard InChI is InChI=1S/C23H17FO4/c1-27-20-11-7-18(8-12-20)23(26)28-21-13-5-17(6-14-21)22(25)15-4-16-2-9-19(24)10-3-16/h2-15H,1H3/b15-4+. The third-order valence-corrected chi connectivity index (χ3v) is 3.97. The third kappa shape index (κ3) is 4.92. The summed E-state index contributed by atoms with van der Waals surface area (Å²) >= 11 is 0. The van der Waals surface area contributed by atoms with Gasteiger partial charge in [-0.2, -0.15) is 0 Å². The minimum atomic E-state index is -0.502. The van der Waals surface area contributed by atoms with Crippen molar-refractivity contribution in [3.05, 3.63) is 101 Å². The summed E-state index contributed by atoms with van der Waals surface area (Å²) in [6.07, 6.45) is 3.02. The maximum absolute atomic E-state index is 12.9. The van der Waals surface area contributed by atoms with Gasteiger partial charge in [0.2, 0.25) is 0 Å². The Morgan fingerprint density at radius 2 is 1.36 bits per heavy atom. The monoisotopic (exact) mass is 376 g/mol. The summed E-state index contributed by atoms with van der Waals surface area (Å²) in [4.78, 5) is 24.4. The number of carbonyl (C=O) groups is 2. The third-order valence-electron chi connectivity index (χ3n) is 3.97. The van der Waals surface area contributed by atoms with Gasteiger partial charge in [0.15, 0.2) is 5.78 Å². The Kier molecular flexibility index (Phi) is 5.97. The van der Waals surface area contributed by atoms with Crippen molar-refractivity contribution in [2.75, 3.05) is 7.11 Å². The van der Waals surface area contributed by atoms with Gasteiger partial charge < -0.3 is 9.47 Å². The average molecular weight is 376 g/mol. The van der Waals surface area contributed by atoms with Crippen LogP contribution in [0.3, 0.4) is 0 Å². The van der Waals surface area contributed by atoms with E-state index in [1.165, 1.54) is 18.2 Å². The Morgan fingerprint density at radius 3 is 1.96 bits per heavy atom. The summed E-state index contributed by atoms with van der Waals surface area (Å²) in [5.74, 6) is -0.0634. The highest BCUT2D eigenvalue weighted by Gasteiger charge is 2.09. The lowest BCUT2D eigenvalue weighted by Gasteiger charge is -2.06. The number of ether oxygens (including phenoxy) is 2. The molecule has 0 aromatic heterocycles. The van der Waals surface area contributed by atoms with Crippen molar-refractivity contribution in [3.8, 4) is 11.5 Å². The molecule has 0 saturated carbocycles. The molecule has 140 valence electrons. The van der Waals surface area contributed by atoms with Crippen molar-refractivity contribution in [1.82, 2.24) is 0 Å². The molecule has 3 rings (SSSR count). The quantitative estimate of drug-likeness (QED) is 0.264. The van der Waals surface area contributed by atoms with Crippen LogP contribution in [-0.2, 0) is 0 Å². The molecule has 28 heavy (non-hydrogen) atoms. The van der Waals surface area contributed by atoms with Gasteiger partial charge in [0.25, 0.3) is 0 Å². The van der Waals surface area contributed by atoms with E-state index in [9.17, 15) is 14.0 Å². The molecule has 0 fully saturated rings. The molecule has 0 radical (unpaired) electrons. The van der Waals surface area contributed by atoms with Gasteiger partial charge in [0.05, 0.1) is 12.7 Å². The number of benzene rings is 3. The highest BCUT2D eigenvalue weighted by molar-refractivity contribution is 6.06. The molecular weight excluding hydrogens is 359 g/mol. The molecule has 0 aliphatic carbocycles. The Hall–Kier alpha value is -3.73. The molecule has 0 heterocycles. The van der Waals surface area contributed by atoms with Crippen LogP contribution < -0.4 is 9.47 Å². The number of carbonyl (C=O) groups excluding carboxylic acids is 2. The fourth-order valence-electron chi connectivity index (χ4n) is 2.42. The molecule has 0 unspecified atom stereocenters. The van der Waals surface area contributed by atoms with Gasteiger partial charge in [-0.3, -0.25) is 4.79 Å². The number of hydrogen-bond acceptors (Lipinski definition) is 4. The van der Waals surface area contributed by atoms with Crippen LogP contribution in [0.15, 0.2) is 78.9 Å². The van der Waals surface area contributed by atoms with E-state index in [0.29, 0.717) is 22.6 Å². The molecule has 4 nitrogen and oxygen atoms in total. The van der Waals surface area contributed by atoms with Crippen LogP contribution in [0.1, 0.15) is 26.3 Å². The Labute approximate surface area is 161 Å². The first-order valence-electron chi connectivity index (χ1n) is 8.49. The largest absolute Gasteiger partial charge is 0.497 e. The lowest BCUT2D eigenvalue weighted by atomic mass is 10.1. The van der Waals surface area contributed by atoms with Crippen molar-refractivity contribution in [2.45, 2.75) is 0 Å². The van der Waals surface area contributed by atoms with Gasteiger partial charge in [0.1, 0.15) is 17.3 Å². The van der Waals surface area contributed by atoms with E-state index < -0.39 is 5.97 Å². The van der Waals surface area contributed by atoms with Crippen LogP contribution in [0.5, 0.6) is 11.5 Å². The van der Waals surface area contributed by atoms with Crippen LogP contribution in [0, 0.1) is 5.82 Å². The fraction of sp³-hybridized carbons (Fsp3) is 0.0435. The second kappa shape index (κ2) is 8.77. The predicted octanol–water partition coefficient (Wildman–Crippen LogP) is 4.95. The Balaban J connectivity index is 1.62. The number of halogens is 1. The lowest BCUT2D eigenvalue weighted by molar-refractivity contribution is 0.0734. The van der Waals surface area contributed by atoms with Crippen molar-refractivity contribution in [2.24, 2.45) is 0 Å². The molecule has 0 aliphatic rings. The summed E-state index contributed by atoms with van der Waals surface area (Å²) in [6, 6.07) is 18.7. The average Bonchev–Trinajstić information content (AvgIpc) is 2.73. The summed E-state index contributed by atoms with van der Waals surface area (Å²) in [5.41, 5.74) is 1.56. The minimum absolute atomic E-state index is 0.211. The number of allylic oxidation sites excluding steroid dienone is 1. The molecule has 0 saturated heterocycles. The zero-order valence-corrected chi connectivity index (χ0v) is 15.1. The number of esters is 1. The van der Waals surface area contributed by atoms with Gasteiger partial charge in [-0.05, 0) is 72.3 Å². The molecule has 0 aliphatic heterocycles. The highest BCUT2D eigenvalue weighted by Crippen LogP contribution is 2.17. The van der Waals surface area contributed by atoms with Gasteiger partial charge in [-0.15, -0.1) is 0 Å². The molecule has 5 heteroatoms. The first-order chi connectivity index (χ1) is 13.5. The summed E-state index contributed by atoms with van der Waals surface area (Å²) < 4.78 is 23.2. The van der Waals surface area contributed by atoms with Gasteiger partial charge in [-0.1, -0.05) is 18.2 Å². The van der Waals surface area contributed by atoms with E-state index in [4.69, 9.17) is 9.47 Å². The van der Waals surface area contributed by atoms with Crippen molar-refractivity contribution >= 4 is 17.8 Å². The molecule has 0 bridgehead atoms. The molecule has 0 atom stereocenters. The smallest absolute Gasteiger partial charge is 0.343 e. The van der Waals surface area contributed by atoms with Crippen LogP contribution in [0.25, 0.3) is 6.08 Å².